The SMILES string of the molecule is Cc1[nH]c2ccc(C(=O)N3CCN(C/C=C/c4ccccc4)CC3)cc2c1C. The second kappa shape index (κ2) is 8.03. The van der Waals surface area contributed by atoms with Crippen LogP contribution in [0.5, 0.6) is 0 Å². The van der Waals surface area contributed by atoms with Crippen molar-refractivity contribution in [2.45, 2.75) is 13.8 Å². The molecule has 0 aliphatic carbocycles. The van der Waals surface area contributed by atoms with E-state index in [2.05, 4.69) is 60.1 Å². The molecule has 0 spiro atoms. The van der Waals surface area contributed by atoms with E-state index in [1.165, 1.54) is 11.1 Å². The molecule has 0 atom stereocenters. The van der Waals surface area contributed by atoms with Crippen LogP contribution in [0.1, 0.15) is 27.2 Å². The molecule has 2 heterocycles. The van der Waals surface area contributed by atoms with Crippen molar-refractivity contribution >= 4 is 22.9 Å². The standard InChI is InChI=1S/C24H27N3O/c1-18-19(2)25-23-11-10-21(17-22(18)23)24(28)27-15-13-26(14-16-27)12-6-9-20-7-4-3-5-8-20/h3-11,17,25H,12-16H2,1-2H3/b9-6+. The number of carbonyl (C=O) groups is 1. The lowest BCUT2D eigenvalue weighted by atomic mass is 10.1. The minimum atomic E-state index is 0.139. The Morgan fingerprint density at radius 3 is 2.54 bits per heavy atom. The molecule has 0 bridgehead atoms. The van der Waals surface area contributed by atoms with Crippen LogP contribution < -0.4 is 0 Å². The van der Waals surface area contributed by atoms with Crippen molar-refractivity contribution < 1.29 is 4.79 Å². The number of nitrogens with zero attached hydrogens (tertiary/aromatic N) is 2. The van der Waals surface area contributed by atoms with Gasteiger partial charge < -0.3 is 9.88 Å². The minimum Gasteiger partial charge on any atom is -0.358 e. The highest BCUT2D eigenvalue weighted by Crippen LogP contribution is 2.23. The summed E-state index contributed by atoms with van der Waals surface area (Å²) in [6, 6.07) is 16.3. The fourth-order valence-corrected chi connectivity index (χ4v) is 3.81. The quantitative estimate of drug-likeness (QED) is 0.742. The zero-order valence-electron chi connectivity index (χ0n) is 16.6. The molecule has 0 unspecified atom stereocenters. The van der Waals surface area contributed by atoms with Crippen molar-refractivity contribution in [2.75, 3.05) is 32.7 Å². The summed E-state index contributed by atoms with van der Waals surface area (Å²) in [6.07, 6.45) is 4.37. The van der Waals surface area contributed by atoms with E-state index in [1.807, 2.05) is 29.2 Å². The molecule has 3 aromatic rings. The molecule has 2 aromatic carbocycles. The molecule has 1 amide bonds. The Labute approximate surface area is 166 Å². The zero-order valence-corrected chi connectivity index (χ0v) is 16.6. The number of hydrogen-bond donors (Lipinski definition) is 1. The highest BCUT2D eigenvalue weighted by atomic mass is 16.2. The largest absolute Gasteiger partial charge is 0.358 e. The van der Waals surface area contributed by atoms with Crippen LogP contribution in [0.25, 0.3) is 17.0 Å². The molecular weight excluding hydrogens is 346 g/mol. The highest BCUT2D eigenvalue weighted by Gasteiger charge is 2.22. The molecule has 1 saturated heterocycles. The Morgan fingerprint density at radius 1 is 1.04 bits per heavy atom. The number of hydrogen-bond acceptors (Lipinski definition) is 2. The van der Waals surface area contributed by atoms with Gasteiger partial charge in [0.25, 0.3) is 5.91 Å². The number of rotatable bonds is 4. The molecule has 4 rings (SSSR count). The number of H-pyrrole nitrogens is 1. The average molecular weight is 374 g/mol. The lowest BCUT2D eigenvalue weighted by Gasteiger charge is -2.34. The fourth-order valence-electron chi connectivity index (χ4n) is 3.81. The number of benzene rings is 2. The molecule has 4 heteroatoms. The number of aromatic amines is 1. The number of amides is 1. The van der Waals surface area contributed by atoms with Crippen LogP contribution >= 0.6 is 0 Å². The number of carbonyl (C=O) groups excluding carboxylic acids is 1. The molecule has 0 saturated carbocycles. The molecular formula is C24H27N3O. The predicted molar refractivity (Wildman–Crippen MR) is 116 cm³/mol. The zero-order chi connectivity index (χ0) is 19.5. The van der Waals surface area contributed by atoms with E-state index >= 15 is 0 Å². The Bertz CT molecular complexity index is 995. The molecule has 1 fully saturated rings. The average Bonchev–Trinajstić information content (AvgIpc) is 3.02. The Morgan fingerprint density at radius 2 is 1.79 bits per heavy atom. The molecule has 1 aliphatic rings. The Kier molecular flexibility index (Phi) is 5.31. The van der Waals surface area contributed by atoms with E-state index in [4.69, 9.17) is 0 Å². The van der Waals surface area contributed by atoms with Gasteiger partial charge in [0.05, 0.1) is 0 Å². The van der Waals surface area contributed by atoms with Gasteiger partial charge >= 0.3 is 0 Å². The molecule has 1 aliphatic heterocycles. The Hall–Kier alpha value is -2.85. The maximum Gasteiger partial charge on any atom is 0.253 e. The van der Waals surface area contributed by atoms with Crippen LogP contribution in [0.4, 0.5) is 0 Å². The fraction of sp³-hybridized carbons (Fsp3) is 0.292. The first-order chi connectivity index (χ1) is 13.6. The monoisotopic (exact) mass is 373 g/mol. The number of aromatic nitrogens is 1. The molecule has 0 radical (unpaired) electrons. The first-order valence-corrected chi connectivity index (χ1v) is 9.94. The van der Waals surface area contributed by atoms with Crippen molar-refractivity contribution in [3.8, 4) is 0 Å². The normalized spacial score (nSPS) is 15.6. The molecule has 4 nitrogen and oxygen atoms in total. The van der Waals surface area contributed by atoms with Gasteiger partial charge in [-0.1, -0.05) is 42.5 Å². The number of piperazine rings is 1. The van der Waals surface area contributed by atoms with Gasteiger partial charge in [-0.05, 0) is 43.2 Å². The van der Waals surface area contributed by atoms with Crippen LogP contribution in [0.15, 0.2) is 54.6 Å². The number of aryl methyl sites for hydroxylation is 2. The van der Waals surface area contributed by atoms with Crippen molar-refractivity contribution in [3.63, 3.8) is 0 Å². The summed E-state index contributed by atoms with van der Waals surface area (Å²) in [6.45, 7) is 8.48. The van der Waals surface area contributed by atoms with Crippen molar-refractivity contribution in [1.82, 2.24) is 14.8 Å². The van der Waals surface area contributed by atoms with Crippen LogP contribution in [0.3, 0.4) is 0 Å². The van der Waals surface area contributed by atoms with Crippen LogP contribution in [0.2, 0.25) is 0 Å². The van der Waals surface area contributed by atoms with Gasteiger partial charge in [0, 0.05) is 54.9 Å². The van der Waals surface area contributed by atoms with Gasteiger partial charge in [-0.3, -0.25) is 9.69 Å². The first kappa shape index (κ1) is 18.5. The minimum absolute atomic E-state index is 0.139. The smallest absolute Gasteiger partial charge is 0.253 e. The second-order valence-electron chi connectivity index (χ2n) is 7.54. The van der Waals surface area contributed by atoms with E-state index in [0.29, 0.717) is 0 Å². The van der Waals surface area contributed by atoms with E-state index in [0.717, 1.165) is 54.9 Å². The Balaban J connectivity index is 1.35. The summed E-state index contributed by atoms with van der Waals surface area (Å²) in [5.74, 6) is 0.139. The summed E-state index contributed by atoms with van der Waals surface area (Å²) in [7, 11) is 0. The third-order valence-electron chi connectivity index (χ3n) is 5.69. The van der Waals surface area contributed by atoms with Gasteiger partial charge in [-0.2, -0.15) is 0 Å². The van der Waals surface area contributed by atoms with Crippen molar-refractivity contribution in [1.29, 1.82) is 0 Å². The predicted octanol–water partition coefficient (Wildman–Crippen LogP) is 4.26. The maximum atomic E-state index is 13.0. The van der Waals surface area contributed by atoms with Crippen LogP contribution in [-0.4, -0.2) is 53.4 Å². The number of nitrogens with one attached hydrogen (secondary N) is 1. The number of fused-ring (bicyclic) bond motifs is 1. The van der Waals surface area contributed by atoms with Crippen LogP contribution in [-0.2, 0) is 0 Å². The second-order valence-corrected chi connectivity index (χ2v) is 7.54. The van der Waals surface area contributed by atoms with E-state index in [-0.39, 0.29) is 5.91 Å². The van der Waals surface area contributed by atoms with E-state index in [1.54, 1.807) is 0 Å². The lowest BCUT2D eigenvalue weighted by molar-refractivity contribution is 0.0650. The summed E-state index contributed by atoms with van der Waals surface area (Å²) in [5, 5.41) is 1.15. The topological polar surface area (TPSA) is 39.3 Å². The third-order valence-corrected chi connectivity index (χ3v) is 5.69. The first-order valence-electron chi connectivity index (χ1n) is 9.94. The van der Waals surface area contributed by atoms with Crippen LogP contribution in [0, 0.1) is 13.8 Å². The summed E-state index contributed by atoms with van der Waals surface area (Å²) in [5.41, 5.74) is 5.49. The third kappa shape index (κ3) is 3.87. The lowest BCUT2D eigenvalue weighted by Crippen LogP contribution is -2.48. The van der Waals surface area contributed by atoms with Gasteiger partial charge in [-0.15, -0.1) is 0 Å². The maximum absolute atomic E-state index is 13.0. The van der Waals surface area contributed by atoms with Gasteiger partial charge in [0.1, 0.15) is 0 Å². The van der Waals surface area contributed by atoms with E-state index < -0.39 is 0 Å². The molecule has 1 N–H and O–H groups in total. The van der Waals surface area contributed by atoms with Gasteiger partial charge in [0.2, 0.25) is 0 Å². The van der Waals surface area contributed by atoms with Gasteiger partial charge in [0.15, 0.2) is 0 Å². The highest BCUT2D eigenvalue weighted by molar-refractivity contribution is 5.99. The molecule has 144 valence electrons. The van der Waals surface area contributed by atoms with Crippen molar-refractivity contribution in [2.24, 2.45) is 0 Å². The molecule has 1 aromatic heterocycles. The van der Waals surface area contributed by atoms with Crippen molar-refractivity contribution in [3.05, 3.63) is 77.0 Å². The summed E-state index contributed by atoms with van der Waals surface area (Å²) in [4.78, 5) is 20.7. The van der Waals surface area contributed by atoms with E-state index in [9.17, 15) is 4.79 Å². The van der Waals surface area contributed by atoms with Gasteiger partial charge in [-0.25, -0.2) is 0 Å². The summed E-state index contributed by atoms with van der Waals surface area (Å²) < 4.78 is 0. The summed E-state index contributed by atoms with van der Waals surface area (Å²) >= 11 is 0. The molecule has 28 heavy (non-hydrogen) atoms.